The zero-order valence-corrected chi connectivity index (χ0v) is 11.9. The Morgan fingerprint density at radius 1 is 1.19 bits per heavy atom. The molecule has 0 aliphatic carbocycles. The lowest BCUT2D eigenvalue weighted by molar-refractivity contribution is 0.218. The van der Waals surface area contributed by atoms with Crippen LogP contribution in [-0.2, 0) is 0 Å². The van der Waals surface area contributed by atoms with Crippen LogP contribution in [0, 0.1) is 12.7 Å². The fraction of sp³-hybridized carbons (Fsp3) is 0.308. The summed E-state index contributed by atoms with van der Waals surface area (Å²) in [6, 6.07) is 4.21. The van der Waals surface area contributed by atoms with Crippen LogP contribution in [0.25, 0.3) is 0 Å². The lowest BCUT2D eigenvalue weighted by atomic mass is 10.2. The second-order valence-electron chi connectivity index (χ2n) is 4.55. The van der Waals surface area contributed by atoms with E-state index in [1.165, 1.54) is 12.1 Å². The number of aryl methyl sites for hydroxylation is 1. The largest absolute Gasteiger partial charge is 0.461 e. The Labute approximate surface area is 121 Å². The van der Waals surface area contributed by atoms with Crippen molar-refractivity contribution in [3.8, 4) is 17.8 Å². The Morgan fingerprint density at radius 2 is 1.90 bits per heavy atom. The predicted octanol–water partition coefficient (Wildman–Crippen LogP) is 2.18. The fourth-order valence-electron chi connectivity index (χ4n) is 1.49. The zero-order chi connectivity index (χ0) is 15.4. The number of hydrogen-bond donors (Lipinski definition) is 2. The van der Waals surface area contributed by atoms with Gasteiger partial charge in [0.1, 0.15) is 11.6 Å². The first-order chi connectivity index (χ1) is 9.97. The molecule has 0 amide bonds. The van der Waals surface area contributed by atoms with Gasteiger partial charge in [-0.25, -0.2) is 10.2 Å². The molecular formula is C13H16FN5O2. The van der Waals surface area contributed by atoms with Crippen LogP contribution in [0.2, 0.25) is 0 Å². The third-order valence-electron chi connectivity index (χ3n) is 2.42. The maximum atomic E-state index is 13.3. The highest BCUT2D eigenvalue weighted by Gasteiger charge is 2.12. The summed E-state index contributed by atoms with van der Waals surface area (Å²) in [7, 11) is 0. The van der Waals surface area contributed by atoms with Crippen LogP contribution in [-0.4, -0.2) is 21.1 Å². The number of ether oxygens (including phenoxy) is 2. The van der Waals surface area contributed by atoms with E-state index < -0.39 is 5.82 Å². The molecule has 0 aliphatic heterocycles. The van der Waals surface area contributed by atoms with Crippen LogP contribution in [0.15, 0.2) is 18.2 Å². The first-order valence-electron chi connectivity index (χ1n) is 6.31. The van der Waals surface area contributed by atoms with Crippen molar-refractivity contribution in [2.75, 3.05) is 5.43 Å². The van der Waals surface area contributed by atoms with Crippen molar-refractivity contribution in [3.05, 3.63) is 29.6 Å². The second kappa shape index (κ2) is 6.31. The number of hydrogen-bond acceptors (Lipinski definition) is 7. The standard InChI is InChI=1S/C13H16FN5O2/c1-7(2)20-12-16-11(19-15)17-13(18-12)21-10-6-9(14)5-4-8(10)3/h4-7H,15H2,1-3H3,(H,16,17,18,19). The molecule has 2 aromatic rings. The van der Waals surface area contributed by atoms with Crippen molar-refractivity contribution in [1.29, 1.82) is 0 Å². The number of anilines is 1. The van der Waals surface area contributed by atoms with Crippen LogP contribution >= 0.6 is 0 Å². The number of nitrogen functional groups attached to an aromatic ring is 1. The van der Waals surface area contributed by atoms with Gasteiger partial charge in [-0.2, -0.15) is 9.97 Å². The van der Waals surface area contributed by atoms with E-state index in [0.29, 0.717) is 5.75 Å². The molecule has 21 heavy (non-hydrogen) atoms. The van der Waals surface area contributed by atoms with Gasteiger partial charge in [0, 0.05) is 6.07 Å². The van der Waals surface area contributed by atoms with E-state index in [1.807, 2.05) is 13.8 Å². The van der Waals surface area contributed by atoms with E-state index in [2.05, 4.69) is 20.4 Å². The maximum absolute atomic E-state index is 13.3. The molecule has 1 heterocycles. The lowest BCUT2D eigenvalue weighted by Gasteiger charge is -2.11. The number of benzene rings is 1. The SMILES string of the molecule is Cc1ccc(F)cc1Oc1nc(NN)nc(OC(C)C)n1. The van der Waals surface area contributed by atoms with Gasteiger partial charge in [-0.15, -0.1) is 4.98 Å². The van der Waals surface area contributed by atoms with E-state index in [9.17, 15) is 4.39 Å². The van der Waals surface area contributed by atoms with Crippen molar-refractivity contribution in [1.82, 2.24) is 15.0 Å². The van der Waals surface area contributed by atoms with Gasteiger partial charge in [0.2, 0.25) is 5.95 Å². The Bertz CT molecular complexity index is 636. The number of nitrogens with zero attached hydrogens (tertiary/aromatic N) is 3. The smallest absolute Gasteiger partial charge is 0.330 e. The highest BCUT2D eigenvalue weighted by molar-refractivity contribution is 5.35. The van der Waals surface area contributed by atoms with Gasteiger partial charge in [-0.3, -0.25) is 5.43 Å². The topological polar surface area (TPSA) is 95.2 Å². The van der Waals surface area contributed by atoms with Gasteiger partial charge in [0.05, 0.1) is 6.10 Å². The molecular weight excluding hydrogens is 277 g/mol. The normalized spacial score (nSPS) is 10.6. The van der Waals surface area contributed by atoms with E-state index >= 15 is 0 Å². The minimum absolute atomic E-state index is 0.0395. The number of nitrogens with one attached hydrogen (secondary N) is 1. The summed E-state index contributed by atoms with van der Waals surface area (Å²) in [5.41, 5.74) is 3.04. The van der Waals surface area contributed by atoms with Crippen LogP contribution < -0.4 is 20.7 Å². The van der Waals surface area contributed by atoms with Gasteiger partial charge >= 0.3 is 12.0 Å². The molecule has 7 nitrogen and oxygen atoms in total. The van der Waals surface area contributed by atoms with Crippen LogP contribution in [0.4, 0.5) is 10.3 Å². The zero-order valence-electron chi connectivity index (χ0n) is 11.9. The van der Waals surface area contributed by atoms with Crippen LogP contribution in [0.5, 0.6) is 17.8 Å². The number of nitrogens with two attached hydrogens (primary N) is 1. The minimum atomic E-state index is -0.416. The van der Waals surface area contributed by atoms with E-state index in [0.717, 1.165) is 5.56 Å². The summed E-state index contributed by atoms with van der Waals surface area (Å²) in [5.74, 6) is 5.27. The quantitative estimate of drug-likeness (QED) is 0.644. The second-order valence-corrected chi connectivity index (χ2v) is 4.55. The van der Waals surface area contributed by atoms with E-state index in [-0.39, 0.29) is 24.1 Å². The fourth-order valence-corrected chi connectivity index (χ4v) is 1.49. The summed E-state index contributed by atoms with van der Waals surface area (Å²) in [4.78, 5) is 11.9. The predicted molar refractivity (Wildman–Crippen MR) is 74.6 cm³/mol. The molecule has 112 valence electrons. The average molecular weight is 293 g/mol. The highest BCUT2D eigenvalue weighted by atomic mass is 19.1. The molecule has 0 aliphatic rings. The van der Waals surface area contributed by atoms with Crippen molar-refractivity contribution < 1.29 is 13.9 Å². The minimum Gasteiger partial charge on any atom is -0.461 e. The molecule has 2 rings (SSSR count). The molecule has 0 atom stereocenters. The molecule has 0 spiro atoms. The van der Waals surface area contributed by atoms with Gasteiger partial charge in [0.25, 0.3) is 0 Å². The van der Waals surface area contributed by atoms with Gasteiger partial charge in [0.15, 0.2) is 0 Å². The molecule has 0 radical (unpaired) electrons. The van der Waals surface area contributed by atoms with Gasteiger partial charge in [-0.05, 0) is 32.4 Å². The molecule has 0 saturated heterocycles. The average Bonchev–Trinajstić information content (AvgIpc) is 2.42. The van der Waals surface area contributed by atoms with Crippen molar-refractivity contribution in [2.24, 2.45) is 5.84 Å². The molecule has 1 aromatic carbocycles. The Morgan fingerprint density at radius 3 is 2.57 bits per heavy atom. The number of rotatable bonds is 5. The molecule has 0 fully saturated rings. The summed E-state index contributed by atoms with van der Waals surface area (Å²) in [6.07, 6.45) is -0.123. The molecule has 3 N–H and O–H groups in total. The molecule has 0 bridgehead atoms. The van der Waals surface area contributed by atoms with Crippen molar-refractivity contribution in [3.63, 3.8) is 0 Å². The summed E-state index contributed by atoms with van der Waals surface area (Å²) in [5, 5.41) is 0. The van der Waals surface area contributed by atoms with Crippen LogP contribution in [0.1, 0.15) is 19.4 Å². The van der Waals surface area contributed by atoms with Crippen molar-refractivity contribution in [2.45, 2.75) is 26.9 Å². The molecule has 0 unspecified atom stereocenters. The van der Waals surface area contributed by atoms with Gasteiger partial charge < -0.3 is 9.47 Å². The summed E-state index contributed by atoms with van der Waals surface area (Å²) in [6.45, 7) is 5.44. The monoisotopic (exact) mass is 293 g/mol. The summed E-state index contributed by atoms with van der Waals surface area (Å²) < 4.78 is 24.1. The first-order valence-corrected chi connectivity index (χ1v) is 6.31. The Balaban J connectivity index is 2.32. The third kappa shape index (κ3) is 3.99. The number of aromatic nitrogens is 3. The highest BCUT2D eigenvalue weighted by Crippen LogP contribution is 2.25. The molecule has 8 heteroatoms. The Kier molecular flexibility index (Phi) is 4.49. The third-order valence-corrected chi connectivity index (χ3v) is 2.42. The van der Waals surface area contributed by atoms with Crippen molar-refractivity contribution >= 4 is 5.95 Å². The first kappa shape index (κ1) is 14.9. The van der Waals surface area contributed by atoms with E-state index in [1.54, 1.807) is 13.0 Å². The van der Waals surface area contributed by atoms with Crippen LogP contribution in [0.3, 0.4) is 0 Å². The van der Waals surface area contributed by atoms with E-state index in [4.69, 9.17) is 15.3 Å². The number of halogens is 1. The molecule has 0 saturated carbocycles. The molecule has 1 aromatic heterocycles. The Hall–Kier alpha value is -2.48. The summed E-state index contributed by atoms with van der Waals surface area (Å²) >= 11 is 0. The number of hydrazine groups is 1. The van der Waals surface area contributed by atoms with Gasteiger partial charge in [-0.1, -0.05) is 6.07 Å². The lowest BCUT2D eigenvalue weighted by Crippen LogP contribution is -2.15. The maximum Gasteiger partial charge on any atom is 0.330 e.